The van der Waals surface area contributed by atoms with Gasteiger partial charge in [0.2, 0.25) is 0 Å². The summed E-state index contributed by atoms with van der Waals surface area (Å²) >= 11 is 0. The van der Waals surface area contributed by atoms with Crippen molar-refractivity contribution in [1.82, 2.24) is 0 Å². The van der Waals surface area contributed by atoms with Gasteiger partial charge in [-0.3, -0.25) is 9.59 Å². The fourth-order valence-electron chi connectivity index (χ4n) is 2.28. The van der Waals surface area contributed by atoms with Crippen LogP contribution in [0, 0.1) is 29.1 Å². The molecular formula is C20H22O6. The van der Waals surface area contributed by atoms with Crippen molar-refractivity contribution in [3.8, 4) is 35.2 Å². The van der Waals surface area contributed by atoms with Crippen LogP contribution in [0.25, 0.3) is 0 Å². The molecule has 0 atom stereocenters. The summed E-state index contributed by atoms with van der Waals surface area (Å²) < 4.78 is 20.0. The number of carbonyl (C=O) groups excluding carboxylic acids is 2. The van der Waals surface area contributed by atoms with E-state index in [1.54, 1.807) is 32.2 Å². The maximum Gasteiger partial charge on any atom is 0.325 e. The van der Waals surface area contributed by atoms with Crippen molar-refractivity contribution in [3.05, 3.63) is 23.8 Å². The second kappa shape index (κ2) is 10.0. The minimum atomic E-state index is -1.59. The van der Waals surface area contributed by atoms with E-state index < -0.39 is 17.4 Å². The Balaban J connectivity index is 3.21. The van der Waals surface area contributed by atoms with Gasteiger partial charge in [-0.1, -0.05) is 11.8 Å². The molecule has 0 fully saturated rings. The molecule has 1 aromatic rings. The summed E-state index contributed by atoms with van der Waals surface area (Å²) in [4.78, 5) is 24.5. The monoisotopic (exact) mass is 358 g/mol. The zero-order valence-corrected chi connectivity index (χ0v) is 15.6. The summed E-state index contributed by atoms with van der Waals surface area (Å²) in [6.45, 7) is 1.62. The lowest BCUT2D eigenvalue weighted by atomic mass is 9.81. The number of rotatable bonds is 6. The first kappa shape index (κ1) is 20.9. The summed E-state index contributed by atoms with van der Waals surface area (Å²) in [5.74, 6) is 10.8. The van der Waals surface area contributed by atoms with E-state index >= 15 is 0 Å². The van der Waals surface area contributed by atoms with Gasteiger partial charge in [-0.15, -0.1) is 11.8 Å². The Morgan fingerprint density at radius 2 is 1.50 bits per heavy atom. The van der Waals surface area contributed by atoms with Gasteiger partial charge >= 0.3 is 11.9 Å². The molecule has 0 radical (unpaired) electrons. The van der Waals surface area contributed by atoms with E-state index in [1.807, 2.05) is 0 Å². The molecule has 0 aromatic heterocycles. The van der Waals surface area contributed by atoms with Crippen molar-refractivity contribution in [2.45, 2.75) is 19.8 Å². The predicted molar refractivity (Wildman–Crippen MR) is 95.6 cm³/mol. The summed E-state index contributed by atoms with van der Waals surface area (Å²) in [6.07, 6.45) is -0.126. The maximum atomic E-state index is 12.3. The average molecular weight is 358 g/mol. The second-order valence-electron chi connectivity index (χ2n) is 5.22. The fraction of sp³-hybridized carbons (Fsp3) is 0.400. The van der Waals surface area contributed by atoms with E-state index in [9.17, 15) is 9.59 Å². The van der Waals surface area contributed by atoms with Crippen LogP contribution in [0.15, 0.2) is 18.2 Å². The summed E-state index contributed by atoms with van der Waals surface area (Å²) in [6, 6.07) is 5.17. The number of ether oxygens (including phenoxy) is 4. The van der Waals surface area contributed by atoms with Crippen molar-refractivity contribution in [2.75, 3.05) is 28.4 Å². The van der Waals surface area contributed by atoms with Crippen molar-refractivity contribution >= 4 is 11.9 Å². The van der Waals surface area contributed by atoms with Gasteiger partial charge in [0, 0.05) is 18.4 Å². The van der Waals surface area contributed by atoms with Crippen LogP contribution < -0.4 is 9.47 Å². The van der Waals surface area contributed by atoms with Gasteiger partial charge in [0.15, 0.2) is 16.9 Å². The van der Waals surface area contributed by atoms with Crippen LogP contribution in [-0.2, 0) is 19.1 Å². The minimum Gasteiger partial charge on any atom is -0.493 e. The molecule has 0 heterocycles. The molecule has 0 amide bonds. The number of methoxy groups -OCH3 is 4. The number of hydrogen-bond acceptors (Lipinski definition) is 6. The maximum absolute atomic E-state index is 12.3. The van der Waals surface area contributed by atoms with Gasteiger partial charge in [0.25, 0.3) is 0 Å². The van der Waals surface area contributed by atoms with Crippen molar-refractivity contribution in [1.29, 1.82) is 0 Å². The first-order valence-electron chi connectivity index (χ1n) is 7.76. The molecule has 6 nitrogen and oxygen atoms in total. The van der Waals surface area contributed by atoms with Gasteiger partial charge in [0.1, 0.15) is 0 Å². The Morgan fingerprint density at radius 3 is 2.00 bits per heavy atom. The lowest BCUT2D eigenvalue weighted by Crippen LogP contribution is -2.40. The third-order valence-corrected chi connectivity index (χ3v) is 3.73. The predicted octanol–water partition coefficient (Wildman–Crippen LogP) is 2.19. The van der Waals surface area contributed by atoms with Crippen molar-refractivity contribution in [2.24, 2.45) is 5.41 Å². The fourth-order valence-corrected chi connectivity index (χ4v) is 2.28. The van der Waals surface area contributed by atoms with Crippen molar-refractivity contribution in [3.63, 3.8) is 0 Å². The van der Waals surface area contributed by atoms with Crippen molar-refractivity contribution < 1.29 is 28.5 Å². The third kappa shape index (κ3) is 4.70. The molecule has 0 aliphatic carbocycles. The standard InChI is InChI=1S/C20H22O6/c1-6-7-12-20(18(21)25-4,19(22)26-5)13-8-9-15-10-11-16(23-2)17(14-15)24-3/h10-11,14H,12-13H2,1-5H3. The van der Waals surface area contributed by atoms with E-state index in [1.165, 1.54) is 21.3 Å². The highest BCUT2D eigenvalue weighted by Gasteiger charge is 2.47. The third-order valence-electron chi connectivity index (χ3n) is 3.73. The Kier molecular flexibility index (Phi) is 8.05. The van der Waals surface area contributed by atoms with Crippen LogP contribution in [0.2, 0.25) is 0 Å². The van der Waals surface area contributed by atoms with Crippen LogP contribution >= 0.6 is 0 Å². The molecule has 0 unspecified atom stereocenters. The molecular weight excluding hydrogens is 336 g/mol. The van der Waals surface area contributed by atoms with E-state index in [4.69, 9.17) is 18.9 Å². The number of hydrogen-bond donors (Lipinski definition) is 0. The molecule has 0 bridgehead atoms. The van der Waals surface area contributed by atoms with Crippen LogP contribution in [0.5, 0.6) is 11.5 Å². The van der Waals surface area contributed by atoms with Gasteiger partial charge in [-0.25, -0.2) is 0 Å². The topological polar surface area (TPSA) is 71.1 Å². The molecule has 0 saturated carbocycles. The van der Waals surface area contributed by atoms with Gasteiger partial charge in [-0.05, 0) is 25.1 Å². The zero-order valence-electron chi connectivity index (χ0n) is 15.6. The van der Waals surface area contributed by atoms with E-state index in [0.717, 1.165) is 0 Å². The van der Waals surface area contributed by atoms with E-state index in [2.05, 4.69) is 23.7 Å². The molecule has 0 aliphatic rings. The first-order chi connectivity index (χ1) is 12.5. The summed E-state index contributed by atoms with van der Waals surface area (Å²) in [5.41, 5.74) is -0.941. The van der Waals surface area contributed by atoms with Gasteiger partial charge in [-0.2, -0.15) is 0 Å². The highest BCUT2D eigenvalue weighted by Crippen LogP contribution is 2.30. The zero-order chi connectivity index (χ0) is 19.6. The van der Waals surface area contributed by atoms with E-state index in [0.29, 0.717) is 17.1 Å². The summed E-state index contributed by atoms with van der Waals surface area (Å²) in [5, 5.41) is 0. The lowest BCUT2D eigenvalue weighted by molar-refractivity contribution is -0.168. The van der Waals surface area contributed by atoms with Crippen LogP contribution in [0.4, 0.5) is 0 Å². The SMILES string of the molecule is CC#CCC(CC#Cc1ccc(OC)c(OC)c1)(C(=O)OC)C(=O)OC. The van der Waals surface area contributed by atoms with Crippen LogP contribution in [0.1, 0.15) is 25.3 Å². The van der Waals surface area contributed by atoms with Gasteiger partial charge < -0.3 is 18.9 Å². The molecule has 6 heteroatoms. The highest BCUT2D eigenvalue weighted by atomic mass is 16.5. The number of carbonyl (C=O) groups is 2. The summed E-state index contributed by atoms with van der Waals surface area (Å²) in [7, 11) is 5.49. The normalized spacial score (nSPS) is 9.73. The molecule has 0 spiro atoms. The second-order valence-corrected chi connectivity index (χ2v) is 5.22. The molecule has 0 aliphatic heterocycles. The Bertz CT molecular complexity index is 757. The molecule has 1 rings (SSSR count). The largest absolute Gasteiger partial charge is 0.493 e. The first-order valence-corrected chi connectivity index (χ1v) is 7.76. The number of benzene rings is 1. The van der Waals surface area contributed by atoms with Crippen LogP contribution in [-0.4, -0.2) is 40.4 Å². The Morgan fingerprint density at radius 1 is 0.923 bits per heavy atom. The van der Waals surface area contributed by atoms with Gasteiger partial charge in [0.05, 0.1) is 28.4 Å². The molecule has 138 valence electrons. The number of esters is 2. The molecule has 0 saturated heterocycles. The minimum absolute atomic E-state index is 0.0382. The molecule has 0 N–H and O–H groups in total. The molecule has 26 heavy (non-hydrogen) atoms. The van der Waals surface area contributed by atoms with E-state index in [-0.39, 0.29) is 12.8 Å². The Labute approximate surface area is 153 Å². The lowest BCUT2D eigenvalue weighted by Gasteiger charge is -2.23. The molecule has 1 aromatic carbocycles. The Hall–Kier alpha value is -3.12. The average Bonchev–Trinajstić information content (AvgIpc) is 2.69. The quantitative estimate of drug-likeness (QED) is 0.441. The highest BCUT2D eigenvalue weighted by molar-refractivity contribution is 6.00. The van der Waals surface area contributed by atoms with Crippen LogP contribution in [0.3, 0.4) is 0 Å². The smallest absolute Gasteiger partial charge is 0.325 e.